The number of carbonyl (C=O) groups is 2. The third-order valence-electron chi connectivity index (χ3n) is 4.82. The van der Waals surface area contributed by atoms with E-state index in [9.17, 15) is 14.7 Å². The van der Waals surface area contributed by atoms with Crippen molar-refractivity contribution in [1.29, 1.82) is 0 Å². The van der Waals surface area contributed by atoms with Gasteiger partial charge in [-0.1, -0.05) is 30.3 Å². The number of rotatable bonds is 6. The van der Waals surface area contributed by atoms with E-state index in [2.05, 4.69) is 10.6 Å². The topological polar surface area (TPSA) is 87.7 Å². The van der Waals surface area contributed by atoms with Crippen LogP contribution in [0.1, 0.15) is 42.7 Å². The zero-order chi connectivity index (χ0) is 21.0. The van der Waals surface area contributed by atoms with Gasteiger partial charge in [0.25, 0.3) is 0 Å². The van der Waals surface area contributed by atoms with Gasteiger partial charge >= 0.3 is 6.09 Å². The summed E-state index contributed by atoms with van der Waals surface area (Å²) in [6.07, 6.45) is -0.154. The molecule has 0 saturated carbocycles. The number of hydrogen-bond acceptors (Lipinski definition) is 5. The van der Waals surface area contributed by atoms with Gasteiger partial charge in [-0.3, -0.25) is 4.79 Å². The minimum absolute atomic E-state index is 0.126. The Hall–Kier alpha value is -2.38. The van der Waals surface area contributed by atoms with E-state index in [1.165, 1.54) is 4.88 Å². The smallest absolute Gasteiger partial charge is 0.408 e. The van der Waals surface area contributed by atoms with E-state index in [1.54, 1.807) is 32.1 Å². The lowest BCUT2D eigenvalue weighted by atomic mass is 10.0. The number of fused-ring (bicyclic) bond motifs is 1. The fourth-order valence-electron chi connectivity index (χ4n) is 3.47. The quantitative estimate of drug-likeness (QED) is 0.676. The molecule has 1 aliphatic rings. The number of thiophene rings is 1. The second-order valence-corrected chi connectivity index (χ2v) is 9.31. The summed E-state index contributed by atoms with van der Waals surface area (Å²) in [5, 5.41) is 17.9. The average Bonchev–Trinajstić information content (AvgIpc) is 3.19. The largest absolute Gasteiger partial charge is 0.444 e. The monoisotopic (exact) mass is 416 g/mol. The van der Waals surface area contributed by atoms with Crippen molar-refractivity contribution in [3.63, 3.8) is 0 Å². The van der Waals surface area contributed by atoms with E-state index in [0.29, 0.717) is 19.4 Å². The van der Waals surface area contributed by atoms with Gasteiger partial charge < -0.3 is 20.5 Å². The molecular formula is C22H28N2O4S. The number of aliphatic hydroxyl groups is 1. The van der Waals surface area contributed by atoms with Crippen LogP contribution in [0.2, 0.25) is 0 Å². The van der Waals surface area contributed by atoms with Gasteiger partial charge in [-0.05, 0) is 43.3 Å². The molecule has 6 nitrogen and oxygen atoms in total. The highest BCUT2D eigenvalue weighted by Crippen LogP contribution is 2.36. The molecule has 3 atom stereocenters. The van der Waals surface area contributed by atoms with Crippen molar-refractivity contribution in [2.45, 2.75) is 57.3 Å². The molecule has 0 radical (unpaired) electrons. The number of carbonyl (C=O) groups excluding carboxylic acids is 2. The average molecular weight is 417 g/mol. The van der Waals surface area contributed by atoms with Crippen LogP contribution in [0.25, 0.3) is 0 Å². The summed E-state index contributed by atoms with van der Waals surface area (Å²) < 4.78 is 5.32. The van der Waals surface area contributed by atoms with E-state index < -0.39 is 23.8 Å². The number of ether oxygens (including phenoxy) is 1. The van der Waals surface area contributed by atoms with Gasteiger partial charge in [0.1, 0.15) is 11.6 Å². The van der Waals surface area contributed by atoms with Gasteiger partial charge in [0, 0.05) is 30.2 Å². The molecule has 3 N–H and O–H groups in total. The Morgan fingerprint density at radius 2 is 1.97 bits per heavy atom. The van der Waals surface area contributed by atoms with Crippen molar-refractivity contribution >= 4 is 23.3 Å². The van der Waals surface area contributed by atoms with Crippen LogP contribution in [0, 0.1) is 0 Å². The minimum atomic E-state index is -0.771. The molecule has 2 amide bonds. The first-order valence-electron chi connectivity index (χ1n) is 9.78. The SMILES string of the molecule is CC(C)(C)OC(=O)N[C@@H](Cc1ccccc1)C(=O)NCC1c2ccsc2CC1O. The van der Waals surface area contributed by atoms with Crippen LogP contribution in [0.4, 0.5) is 4.79 Å². The van der Waals surface area contributed by atoms with Gasteiger partial charge in [-0.25, -0.2) is 4.79 Å². The summed E-state index contributed by atoms with van der Waals surface area (Å²) in [5.74, 6) is -0.422. The van der Waals surface area contributed by atoms with E-state index in [4.69, 9.17) is 4.74 Å². The number of nitrogens with one attached hydrogen (secondary N) is 2. The summed E-state index contributed by atoms with van der Waals surface area (Å²) in [5.41, 5.74) is 1.38. The molecule has 1 heterocycles. The van der Waals surface area contributed by atoms with Crippen LogP contribution < -0.4 is 10.6 Å². The predicted molar refractivity (Wildman–Crippen MR) is 113 cm³/mol. The lowest BCUT2D eigenvalue weighted by Crippen LogP contribution is -2.50. The van der Waals surface area contributed by atoms with E-state index in [1.807, 2.05) is 41.8 Å². The summed E-state index contributed by atoms with van der Waals surface area (Å²) in [7, 11) is 0. The third-order valence-corrected chi connectivity index (χ3v) is 5.78. The van der Waals surface area contributed by atoms with Gasteiger partial charge in [-0.2, -0.15) is 0 Å². The Labute approximate surface area is 175 Å². The molecule has 2 unspecified atom stereocenters. The minimum Gasteiger partial charge on any atom is -0.444 e. The fourth-order valence-corrected chi connectivity index (χ4v) is 4.48. The highest BCUT2D eigenvalue weighted by molar-refractivity contribution is 7.10. The number of hydrogen-bond donors (Lipinski definition) is 3. The molecule has 0 aliphatic heterocycles. The zero-order valence-electron chi connectivity index (χ0n) is 17.0. The molecule has 1 aliphatic carbocycles. The maximum absolute atomic E-state index is 12.9. The Balaban J connectivity index is 1.66. The van der Waals surface area contributed by atoms with Gasteiger partial charge in [-0.15, -0.1) is 11.3 Å². The molecule has 0 spiro atoms. The summed E-state index contributed by atoms with van der Waals surface area (Å²) >= 11 is 1.63. The maximum atomic E-state index is 12.9. The van der Waals surface area contributed by atoms with Crippen molar-refractivity contribution in [3.8, 4) is 0 Å². The van der Waals surface area contributed by atoms with Crippen LogP contribution in [0.3, 0.4) is 0 Å². The van der Waals surface area contributed by atoms with E-state index in [-0.39, 0.29) is 11.8 Å². The normalized spacial score (nSPS) is 19.3. The van der Waals surface area contributed by atoms with Crippen molar-refractivity contribution in [2.75, 3.05) is 6.54 Å². The molecule has 1 aromatic heterocycles. The number of alkyl carbamates (subject to hydrolysis) is 1. The Kier molecular flexibility index (Phi) is 6.59. The second-order valence-electron chi connectivity index (χ2n) is 8.31. The molecule has 29 heavy (non-hydrogen) atoms. The predicted octanol–water partition coefficient (Wildman–Crippen LogP) is 3.00. The second kappa shape index (κ2) is 8.97. The van der Waals surface area contributed by atoms with Crippen LogP contribution in [-0.4, -0.2) is 41.4 Å². The Morgan fingerprint density at radius 3 is 2.66 bits per heavy atom. The first-order valence-corrected chi connectivity index (χ1v) is 10.7. The molecule has 1 aromatic carbocycles. The Morgan fingerprint density at radius 1 is 1.24 bits per heavy atom. The third kappa shape index (κ3) is 5.81. The van der Waals surface area contributed by atoms with Gasteiger partial charge in [0.2, 0.25) is 5.91 Å². The van der Waals surface area contributed by atoms with E-state index in [0.717, 1.165) is 11.1 Å². The Bertz CT molecular complexity index is 844. The zero-order valence-corrected chi connectivity index (χ0v) is 17.8. The summed E-state index contributed by atoms with van der Waals surface area (Å²) in [6, 6.07) is 10.8. The van der Waals surface area contributed by atoms with Crippen LogP contribution in [0.15, 0.2) is 41.8 Å². The lowest BCUT2D eigenvalue weighted by molar-refractivity contribution is -0.123. The van der Waals surface area contributed by atoms with Crippen LogP contribution in [0.5, 0.6) is 0 Å². The van der Waals surface area contributed by atoms with Crippen molar-refractivity contribution in [3.05, 3.63) is 57.8 Å². The molecule has 0 bridgehead atoms. The standard InChI is InChI=1S/C22H28N2O4S/c1-22(2,3)28-21(27)24-17(11-14-7-5-4-6-8-14)20(26)23-13-16-15-9-10-29-19(15)12-18(16)25/h4-10,16-18,25H,11-13H2,1-3H3,(H,23,26)(H,24,27)/t16?,17-,18?/m0/s1. The molecule has 156 valence electrons. The van der Waals surface area contributed by atoms with Crippen LogP contribution in [-0.2, 0) is 22.4 Å². The molecule has 0 saturated heterocycles. The molecule has 0 fully saturated rings. The summed E-state index contributed by atoms with van der Waals surface area (Å²) in [6.45, 7) is 5.65. The van der Waals surface area contributed by atoms with Gasteiger partial charge in [0.05, 0.1) is 6.10 Å². The molecule has 7 heteroatoms. The van der Waals surface area contributed by atoms with Gasteiger partial charge in [0.15, 0.2) is 0 Å². The first-order chi connectivity index (χ1) is 13.7. The maximum Gasteiger partial charge on any atom is 0.408 e. The van der Waals surface area contributed by atoms with E-state index >= 15 is 0 Å². The van der Waals surface area contributed by atoms with Crippen molar-refractivity contribution in [1.82, 2.24) is 10.6 Å². The van der Waals surface area contributed by atoms with Crippen molar-refractivity contribution < 1.29 is 19.4 Å². The number of amides is 2. The summed E-state index contributed by atoms with van der Waals surface area (Å²) in [4.78, 5) is 26.3. The molecular weight excluding hydrogens is 388 g/mol. The van der Waals surface area contributed by atoms with Crippen LogP contribution >= 0.6 is 11.3 Å². The molecule has 3 rings (SSSR count). The van der Waals surface area contributed by atoms with Crippen molar-refractivity contribution in [2.24, 2.45) is 0 Å². The lowest BCUT2D eigenvalue weighted by Gasteiger charge is -2.24. The number of benzene rings is 1. The highest BCUT2D eigenvalue weighted by atomic mass is 32.1. The fraction of sp³-hybridized carbons (Fsp3) is 0.455. The highest BCUT2D eigenvalue weighted by Gasteiger charge is 2.33. The first kappa shape index (κ1) is 21.3. The number of aliphatic hydroxyl groups excluding tert-OH is 1. The molecule has 2 aromatic rings.